The van der Waals surface area contributed by atoms with Gasteiger partial charge >= 0.3 is 0 Å². The highest BCUT2D eigenvalue weighted by atomic mass is 16.3. The van der Waals surface area contributed by atoms with E-state index < -0.39 is 0 Å². The van der Waals surface area contributed by atoms with E-state index in [-0.39, 0.29) is 12.5 Å². The molecule has 0 aliphatic heterocycles. The van der Waals surface area contributed by atoms with Crippen LogP contribution in [0.25, 0.3) is 22.4 Å². The number of benzene rings is 1. The van der Waals surface area contributed by atoms with E-state index in [0.29, 0.717) is 22.7 Å². The molecule has 0 unspecified atom stereocenters. The summed E-state index contributed by atoms with van der Waals surface area (Å²) in [6.45, 7) is -0.0435. The van der Waals surface area contributed by atoms with Gasteiger partial charge in [0.25, 0.3) is 0 Å². The van der Waals surface area contributed by atoms with Crippen molar-refractivity contribution in [3.63, 3.8) is 0 Å². The van der Waals surface area contributed by atoms with Gasteiger partial charge in [0, 0.05) is 23.4 Å². The van der Waals surface area contributed by atoms with Crippen molar-refractivity contribution < 1.29 is 14.6 Å². The number of nitrogens with one attached hydrogen (secondary N) is 1. The third kappa shape index (κ3) is 2.90. The van der Waals surface area contributed by atoms with Crippen LogP contribution in [0.15, 0.2) is 64.3 Å². The van der Waals surface area contributed by atoms with E-state index >= 15 is 0 Å². The number of H-pyrrole nitrogens is 1. The van der Waals surface area contributed by atoms with E-state index in [1.54, 1.807) is 24.7 Å². The molecule has 0 fully saturated rings. The van der Waals surface area contributed by atoms with E-state index in [0.717, 1.165) is 16.5 Å². The lowest BCUT2D eigenvalue weighted by Gasteiger charge is -1.99. The first-order valence-corrected chi connectivity index (χ1v) is 7.73. The highest BCUT2D eigenvalue weighted by Gasteiger charge is 2.12. The van der Waals surface area contributed by atoms with Gasteiger partial charge in [-0.2, -0.15) is 0 Å². The van der Waals surface area contributed by atoms with Crippen molar-refractivity contribution in [2.45, 2.75) is 6.61 Å². The Bertz CT molecular complexity index is 1050. The summed E-state index contributed by atoms with van der Waals surface area (Å²) in [5.41, 5.74) is 3.40. The fourth-order valence-corrected chi connectivity index (χ4v) is 2.66. The summed E-state index contributed by atoms with van der Waals surface area (Å²) in [6, 6.07) is 12.8. The van der Waals surface area contributed by atoms with Crippen LogP contribution in [-0.4, -0.2) is 26.4 Å². The minimum absolute atomic E-state index is 0.00107. The molecule has 6 nitrogen and oxygen atoms in total. The summed E-state index contributed by atoms with van der Waals surface area (Å²) in [5.74, 6) is 0.704. The molecular formula is C19H15N3O3. The molecule has 25 heavy (non-hydrogen) atoms. The van der Waals surface area contributed by atoms with Crippen molar-refractivity contribution in [1.82, 2.24) is 9.97 Å². The van der Waals surface area contributed by atoms with Gasteiger partial charge in [-0.15, -0.1) is 0 Å². The molecule has 1 aromatic carbocycles. The van der Waals surface area contributed by atoms with Crippen molar-refractivity contribution in [3.05, 3.63) is 66.1 Å². The van der Waals surface area contributed by atoms with Crippen LogP contribution in [0.3, 0.4) is 0 Å². The Balaban J connectivity index is 1.76. The molecule has 0 aliphatic rings. The summed E-state index contributed by atoms with van der Waals surface area (Å²) in [5, 5.41) is 20.1. The zero-order valence-electron chi connectivity index (χ0n) is 13.2. The predicted molar refractivity (Wildman–Crippen MR) is 95.1 cm³/mol. The average Bonchev–Trinajstić information content (AvgIpc) is 3.27. The second-order valence-corrected chi connectivity index (χ2v) is 5.57. The summed E-state index contributed by atoms with van der Waals surface area (Å²) >= 11 is 0. The highest BCUT2D eigenvalue weighted by Crippen LogP contribution is 2.29. The molecule has 0 spiro atoms. The van der Waals surface area contributed by atoms with Crippen LogP contribution in [0, 0.1) is 0 Å². The van der Waals surface area contributed by atoms with Gasteiger partial charge in [0.2, 0.25) is 0 Å². The van der Waals surface area contributed by atoms with E-state index in [4.69, 9.17) is 4.42 Å². The number of hydrogen-bond acceptors (Lipinski definition) is 5. The van der Waals surface area contributed by atoms with Crippen molar-refractivity contribution in [1.29, 1.82) is 0 Å². The second-order valence-electron chi connectivity index (χ2n) is 5.57. The third-order valence-corrected chi connectivity index (χ3v) is 3.91. The Morgan fingerprint density at radius 2 is 2.12 bits per heavy atom. The first kappa shape index (κ1) is 15.2. The van der Waals surface area contributed by atoms with Gasteiger partial charge in [-0.05, 0) is 35.9 Å². The highest BCUT2D eigenvalue weighted by molar-refractivity contribution is 6.02. The number of pyridine rings is 1. The largest absolute Gasteiger partial charge is 0.494 e. The topological polar surface area (TPSA) is 94.6 Å². The molecule has 3 heterocycles. The number of rotatable bonds is 4. The van der Waals surface area contributed by atoms with Gasteiger partial charge < -0.3 is 19.6 Å². The molecule has 0 amide bonds. The van der Waals surface area contributed by atoms with Crippen molar-refractivity contribution in [2.75, 3.05) is 0 Å². The number of fused-ring (bicyclic) bond motifs is 1. The van der Waals surface area contributed by atoms with Gasteiger partial charge in [0.1, 0.15) is 11.4 Å². The molecule has 0 saturated heterocycles. The quantitative estimate of drug-likeness (QED) is 0.495. The Labute approximate surface area is 143 Å². The molecule has 0 aliphatic carbocycles. The van der Waals surface area contributed by atoms with Gasteiger partial charge in [-0.25, -0.2) is 4.98 Å². The van der Waals surface area contributed by atoms with Gasteiger partial charge in [0.05, 0.1) is 24.1 Å². The SMILES string of the molecule is OCc1cccc(N=Cc2c(O)[nH]c3ncc(-c4ccco4)cc23)c1. The molecule has 6 heteroatoms. The van der Waals surface area contributed by atoms with Gasteiger partial charge in [-0.1, -0.05) is 12.1 Å². The molecule has 0 saturated carbocycles. The van der Waals surface area contributed by atoms with Crippen LogP contribution >= 0.6 is 0 Å². The molecule has 4 rings (SSSR count). The number of hydrogen-bond donors (Lipinski definition) is 3. The predicted octanol–water partition coefficient (Wildman–Crippen LogP) is 3.77. The molecule has 0 bridgehead atoms. The summed E-state index contributed by atoms with van der Waals surface area (Å²) in [7, 11) is 0. The molecule has 3 N–H and O–H groups in total. The number of aliphatic hydroxyl groups excluding tert-OH is 1. The standard InChI is InChI=1S/C19H15N3O3/c23-11-12-3-1-4-14(7-12)20-10-16-15-8-13(17-5-2-6-25-17)9-21-18(15)22-19(16)24/h1-10,23-24H,11H2,(H,21,22). The Kier molecular flexibility index (Phi) is 3.80. The zero-order valence-corrected chi connectivity index (χ0v) is 13.2. The van der Waals surface area contributed by atoms with Crippen LogP contribution in [0.2, 0.25) is 0 Å². The number of aromatic nitrogens is 2. The van der Waals surface area contributed by atoms with E-state index in [9.17, 15) is 10.2 Å². The number of furan rings is 1. The van der Waals surface area contributed by atoms with Crippen molar-refractivity contribution in [2.24, 2.45) is 4.99 Å². The molecule has 0 radical (unpaired) electrons. The maximum Gasteiger partial charge on any atom is 0.199 e. The first-order chi connectivity index (χ1) is 12.2. The van der Waals surface area contributed by atoms with Gasteiger partial charge in [-0.3, -0.25) is 4.99 Å². The lowest BCUT2D eigenvalue weighted by atomic mass is 10.1. The van der Waals surface area contributed by atoms with Crippen LogP contribution < -0.4 is 0 Å². The molecule has 124 valence electrons. The van der Waals surface area contributed by atoms with Crippen molar-refractivity contribution >= 4 is 22.9 Å². The smallest absolute Gasteiger partial charge is 0.199 e. The van der Waals surface area contributed by atoms with Crippen LogP contribution in [-0.2, 0) is 6.61 Å². The number of nitrogens with zero attached hydrogens (tertiary/aromatic N) is 2. The number of aromatic hydroxyl groups is 1. The minimum atomic E-state index is -0.0435. The van der Waals surface area contributed by atoms with Crippen LogP contribution in [0.5, 0.6) is 5.88 Å². The van der Waals surface area contributed by atoms with E-state index in [1.165, 1.54) is 0 Å². The number of aliphatic hydroxyl groups is 1. The second kappa shape index (κ2) is 6.26. The molecule has 3 aromatic heterocycles. The summed E-state index contributed by atoms with van der Waals surface area (Å²) in [4.78, 5) is 11.6. The summed E-state index contributed by atoms with van der Waals surface area (Å²) < 4.78 is 5.40. The third-order valence-electron chi connectivity index (χ3n) is 3.91. The van der Waals surface area contributed by atoms with Crippen molar-refractivity contribution in [3.8, 4) is 17.2 Å². The normalized spacial score (nSPS) is 11.6. The Morgan fingerprint density at radius 1 is 1.20 bits per heavy atom. The molecular weight excluding hydrogens is 318 g/mol. The first-order valence-electron chi connectivity index (χ1n) is 7.73. The molecule has 4 aromatic rings. The Morgan fingerprint density at radius 3 is 2.92 bits per heavy atom. The lowest BCUT2D eigenvalue weighted by Crippen LogP contribution is -1.84. The lowest BCUT2D eigenvalue weighted by molar-refractivity contribution is 0.282. The molecule has 0 atom stereocenters. The number of aliphatic imine (C=N–C) groups is 1. The average molecular weight is 333 g/mol. The monoisotopic (exact) mass is 333 g/mol. The zero-order chi connectivity index (χ0) is 17.2. The maximum absolute atomic E-state index is 10.2. The minimum Gasteiger partial charge on any atom is -0.494 e. The van der Waals surface area contributed by atoms with Crippen LogP contribution in [0.4, 0.5) is 5.69 Å². The fraction of sp³-hybridized carbons (Fsp3) is 0.0526. The van der Waals surface area contributed by atoms with E-state index in [1.807, 2.05) is 36.4 Å². The Hall–Kier alpha value is -3.38. The van der Waals surface area contributed by atoms with E-state index in [2.05, 4.69) is 15.0 Å². The summed E-state index contributed by atoms with van der Waals surface area (Å²) in [6.07, 6.45) is 4.87. The number of aromatic amines is 1. The fourth-order valence-electron chi connectivity index (χ4n) is 2.66. The maximum atomic E-state index is 10.2. The van der Waals surface area contributed by atoms with Crippen LogP contribution in [0.1, 0.15) is 11.1 Å². The van der Waals surface area contributed by atoms with Gasteiger partial charge in [0.15, 0.2) is 5.88 Å².